The van der Waals surface area contributed by atoms with Gasteiger partial charge >= 0.3 is 47.6 Å². The zero-order valence-electron chi connectivity index (χ0n) is 18.1. The van der Waals surface area contributed by atoms with Crippen molar-refractivity contribution in [2.24, 2.45) is 0 Å². The quantitative estimate of drug-likeness (QED) is 0.186. The van der Waals surface area contributed by atoms with Crippen LogP contribution in [0.25, 0.3) is 0 Å². The van der Waals surface area contributed by atoms with Gasteiger partial charge in [-0.15, -0.1) is 0 Å². The standard InChI is InChI=1S/C19H15F17O2/c20-12(21,7-1-2-8-38-11-5-3-10(9-37)4-6-11)13(22,23)14(24,25)15(26,27)16(28,29)17(30,31)18(32,33)19(34,35)36/h3-6,37H,1-2,7-9H2. The van der Waals surface area contributed by atoms with Crippen LogP contribution in [-0.2, 0) is 6.61 Å². The van der Waals surface area contributed by atoms with Gasteiger partial charge in [-0.1, -0.05) is 12.1 Å². The molecule has 0 aliphatic heterocycles. The van der Waals surface area contributed by atoms with E-state index in [1.165, 1.54) is 24.3 Å². The number of hydrogen-bond donors (Lipinski definition) is 1. The van der Waals surface area contributed by atoms with Crippen molar-refractivity contribution in [2.75, 3.05) is 6.61 Å². The Labute approximate surface area is 201 Å². The number of ether oxygens (including phenoxy) is 1. The average molecular weight is 598 g/mol. The maximum Gasteiger partial charge on any atom is 0.460 e. The lowest BCUT2D eigenvalue weighted by atomic mass is 9.88. The predicted octanol–water partition coefficient (Wildman–Crippen LogP) is 7.74. The molecule has 0 amide bonds. The highest BCUT2D eigenvalue weighted by atomic mass is 19.4. The second kappa shape index (κ2) is 10.4. The fourth-order valence-electron chi connectivity index (χ4n) is 2.68. The van der Waals surface area contributed by atoms with Gasteiger partial charge in [-0.2, -0.15) is 74.6 Å². The van der Waals surface area contributed by atoms with Gasteiger partial charge in [0, 0.05) is 6.42 Å². The molecule has 2 nitrogen and oxygen atoms in total. The summed E-state index contributed by atoms with van der Waals surface area (Å²) < 4.78 is 229. The summed E-state index contributed by atoms with van der Waals surface area (Å²) in [6.07, 6.45) is -12.2. The van der Waals surface area contributed by atoms with E-state index in [4.69, 9.17) is 9.84 Å². The summed E-state index contributed by atoms with van der Waals surface area (Å²) >= 11 is 0. The normalized spacial score (nSPS) is 15.1. The molecule has 1 N–H and O–H groups in total. The second-order valence-corrected chi connectivity index (χ2v) is 7.76. The van der Waals surface area contributed by atoms with Crippen molar-refractivity contribution >= 4 is 0 Å². The summed E-state index contributed by atoms with van der Waals surface area (Å²) in [6, 6.07) is 5.15. The van der Waals surface area contributed by atoms with Gasteiger partial charge in [-0.25, -0.2) is 0 Å². The van der Waals surface area contributed by atoms with E-state index < -0.39 is 73.5 Å². The topological polar surface area (TPSA) is 29.5 Å². The Morgan fingerprint density at radius 2 is 0.921 bits per heavy atom. The van der Waals surface area contributed by atoms with Crippen molar-refractivity contribution in [3.8, 4) is 5.75 Å². The molecule has 0 aliphatic carbocycles. The largest absolute Gasteiger partial charge is 0.494 e. The van der Waals surface area contributed by atoms with Crippen molar-refractivity contribution in [1.29, 1.82) is 0 Å². The van der Waals surface area contributed by atoms with Gasteiger partial charge in [-0.05, 0) is 30.5 Å². The first-order valence-electron chi connectivity index (χ1n) is 9.80. The number of unbranched alkanes of at least 4 members (excludes halogenated alkanes) is 1. The number of benzene rings is 1. The van der Waals surface area contributed by atoms with Crippen molar-refractivity contribution in [3.05, 3.63) is 29.8 Å². The Morgan fingerprint density at radius 3 is 1.32 bits per heavy atom. The van der Waals surface area contributed by atoms with Crippen LogP contribution in [0.15, 0.2) is 24.3 Å². The summed E-state index contributed by atoms with van der Waals surface area (Å²) in [5, 5.41) is 8.85. The van der Waals surface area contributed by atoms with Gasteiger partial charge in [0.2, 0.25) is 0 Å². The average Bonchev–Trinajstić information content (AvgIpc) is 2.77. The van der Waals surface area contributed by atoms with E-state index in [0.717, 1.165) is 0 Å². The first kappa shape index (κ1) is 33.8. The van der Waals surface area contributed by atoms with Crippen LogP contribution in [0.2, 0.25) is 0 Å². The monoisotopic (exact) mass is 598 g/mol. The minimum absolute atomic E-state index is 0.0317. The molecular formula is C19H15F17O2. The molecule has 38 heavy (non-hydrogen) atoms. The van der Waals surface area contributed by atoms with E-state index in [2.05, 4.69) is 0 Å². The minimum Gasteiger partial charge on any atom is -0.494 e. The van der Waals surface area contributed by atoms with Gasteiger partial charge in [-0.3, -0.25) is 0 Å². The van der Waals surface area contributed by atoms with E-state index in [1.54, 1.807) is 0 Å². The molecule has 1 aromatic rings. The number of halogens is 17. The molecular weight excluding hydrogens is 583 g/mol. The first-order valence-corrected chi connectivity index (χ1v) is 9.80. The van der Waals surface area contributed by atoms with Crippen LogP contribution >= 0.6 is 0 Å². The van der Waals surface area contributed by atoms with Gasteiger partial charge in [0.1, 0.15) is 5.75 Å². The van der Waals surface area contributed by atoms with Crippen molar-refractivity contribution in [1.82, 2.24) is 0 Å². The fraction of sp³-hybridized carbons (Fsp3) is 0.684. The zero-order chi connectivity index (χ0) is 30.2. The fourth-order valence-corrected chi connectivity index (χ4v) is 2.68. The first-order chi connectivity index (χ1) is 16.8. The zero-order valence-corrected chi connectivity index (χ0v) is 18.1. The lowest BCUT2D eigenvalue weighted by Gasteiger charge is -2.42. The molecule has 0 aliphatic rings. The highest BCUT2D eigenvalue weighted by Crippen LogP contribution is 2.64. The lowest BCUT2D eigenvalue weighted by Crippen LogP contribution is -2.74. The summed E-state index contributed by atoms with van der Waals surface area (Å²) in [5.74, 6) is -56.1. The third kappa shape index (κ3) is 5.43. The molecule has 0 atom stereocenters. The maximum atomic E-state index is 13.8. The predicted molar refractivity (Wildman–Crippen MR) is 92.4 cm³/mol. The Bertz CT molecular complexity index is 922. The van der Waals surface area contributed by atoms with Crippen LogP contribution in [0.1, 0.15) is 24.8 Å². The second-order valence-electron chi connectivity index (χ2n) is 7.76. The van der Waals surface area contributed by atoms with Crippen LogP contribution in [0.5, 0.6) is 5.75 Å². The molecule has 19 heteroatoms. The smallest absolute Gasteiger partial charge is 0.460 e. The van der Waals surface area contributed by atoms with Crippen LogP contribution in [-0.4, -0.2) is 59.3 Å². The SMILES string of the molecule is OCc1ccc(OCCCCC(F)(F)C(F)(F)C(F)(F)C(F)(F)C(F)(F)C(F)(F)C(F)(F)C(F)(F)F)cc1. The molecule has 0 bridgehead atoms. The summed E-state index contributed by atoms with van der Waals surface area (Å²) in [4.78, 5) is 0. The Hall–Kier alpha value is -2.21. The number of alkyl halides is 17. The Balaban J connectivity index is 3.10. The number of hydrogen-bond acceptors (Lipinski definition) is 2. The highest BCUT2D eigenvalue weighted by molar-refractivity contribution is 5.26. The van der Waals surface area contributed by atoms with E-state index in [1.807, 2.05) is 0 Å². The molecule has 0 saturated carbocycles. The van der Waals surface area contributed by atoms with Crippen molar-refractivity contribution in [2.45, 2.75) is 73.5 Å². The van der Waals surface area contributed by atoms with Crippen LogP contribution in [0, 0.1) is 0 Å². The maximum absolute atomic E-state index is 13.8. The van der Waals surface area contributed by atoms with Crippen LogP contribution < -0.4 is 4.74 Å². The molecule has 0 fully saturated rings. The van der Waals surface area contributed by atoms with E-state index in [9.17, 15) is 74.6 Å². The van der Waals surface area contributed by atoms with E-state index in [0.29, 0.717) is 5.56 Å². The molecule has 0 radical (unpaired) electrons. The molecule has 0 unspecified atom stereocenters. The van der Waals surface area contributed by atoms with E-state index >= 15 is 0 Å². The summed E-state index contributed by atoms with van der Waals surface area (Å²) in [5.41, 5.74) is 0.405. The third-order valence-electron chi connectivity index (χ3n) is 5.05. The highest BCUT2D eigenvalue weighted by Gasteiger charge is 2.95. The lowest BCUT2D eigenvalue weighted by molar-refractivity contribution is -0.461. The van der Waals surface area contributed by atoms with Gasteiger partial charge in [0.15, 0.2) is 0 Å². The Morgan fingerprint density at radius 1 is 0.526 bits per heavy atom. The number of aliphatic hydroxyl groups excluding tert-OH is 1. The molecule has 1 aromatic carbocycles. The van der Waals surface area contributed by atoms with E-state index in [-0.39, 0.29) is 12.4 Å². The Kier molecular flexibility index (Phi) is 9.26. The molecule has 222 valence electrons. The molecule has 0 spiro atoms. The number of aliphatic hydroxyl groups is 1. The van der Waals surface area contributed by atoms with Crippen molar-refractivity contribution < 1.29 is 84.5 Å². The summed E-state index contributed by atoms with van der Waals surface area (Å²) in [6.45, 7) is -0.967. The molecule has 0 saturated heterocycles. The van der Waals surface area contributed by atoms with Crippen molar-refractivity contribution in [3.63, 3.8) is 0 Å². The van der Waals surface area contributed by atoms with Gasteiger partial charge in [0.05, 0.1) is 13.2 Å². The molecule has 0 aromatic heterocycles. The molecule has 1 rings (SSSR count). The number of rotatable bonds is 13. The van der Waals surface area contributed by atoms with Gasteiger partial charge < -0.3 is 9.84 Å². The third-order valence-corrected chi connectivity index (χ3v) is 5.05. The molecule has 0 heterocycles. The van der Waals surface area contributed by atoms with Gasteiger partial charge in [0.25, 0.3) is 0 Å². The van der Waals surface area contributed by atoms with Crippen LogP contribution in [0.4, 0.5) is 74.6 Å². The minimum atomic E-state index is -8.62. The van der Waals surface area contributed by atoms with Crippen LogP contribution in [0.3, 0.4) is 0 Å². The summed E-state index contributed by atoms with van der Waals surface area (Å²) in [7, 11) is 0.